The summed E-state index contributed by atoms with van der Waals surface area (Å²) in [4.78, 5) is 34.4. The van der Waals surface area contributed by atoms with Gasteiger partial charge in [-0.05, 0) is 78.7 Å². The van der Waals surface area contributed by atoms with Gasteiger partial charge < -0.3 is 20.4 Å². The van der Waals surface area contributed by atoms with Crippen molar-refractivity contribution < 1.29 is 18.7 Å². The molecule has 0 radical (unpaired) electrons. The number of carbonyl (C=O) groups excluding carboxylic acids is 2. The average molecular weight is 511 g/mol. The topological polar surface area (TPSA) is 101 Å². The molecule has 0 atom stereocenters. The van der Waals surface area contributed by atoms with Gasteiger partial charge in [0, 0.05) is 23.8 Å². The predicted octanol–water partition coefficient (Wildman–Crippen LogP) is 5.79. The van der Waals surface area contributed by atoms with Gasteiger partial charge in [0.05, 0.1) is 35.5 Å². The number of H-pyrrole nitrogens is 1. The van der Waals surface area contributed by atoms with Crippen LogP contribution in [0.25, 0.3) is 27.6 Å². The van der Waals surface area contributed by atoms with Gasteiger partial charge in [-0.1, -0.05) is 24.3 Å². The minimum atomic E-state index is -0.528. The van der Waals surface area contributed by atoms with E-state index in [9.17, 15) is 14.0 Å². The number of rotatable bonds is 6. The molecule has 7 nitrogen and oxygen atoms in total. The van der Waals surface area contributed by atoms with E-state index in [-0.39, 0.29) is 5.56 Å². The molecule has 2 heterocycles. The number of aromatic nitrogens is 1. The molecule has 1 aliphatic rings. The van der Waals surface area contributed by atoms with Gasteiger partial charge in [0.25, 0.3) is 11.8 Å². The Morgan fingerprint density at radius 3 is 2.63 bits per heavy atom. The van der Waals surface area contributed by atoms with Crippen LogP contribution in [0.5, 0.6) is 0 Å². The molecule has 0 aliphatic carbocycles. The molecule has 38 heavy (non-hydrogen) atoms. The number of aromatic amines is 1. The number of amides is 2. The van der Waals surface area contributed by atoms with Crippen molar-refractivity contribution in [3.05, 3.63) is 88.9 Å². The third kappa shape index (κ3) is 4.39. The SMILES string of the molecule is C=Nc1ccc(F)cc1C(=O)N(C)c1cccc(-c2ccc(C(N)=O)c3[nH]c(C4=CCOCC4)cc23)c1C. The van der Waals surface area contributed by atoms with Gasteiger partial charge in [0.15, 0.2) is 0 Å². The summed E-state index contributed by atoms with van der Waals surface area (Å²) in [6.07, 6.45) is 2.79. The van der Waals surface area contributed by atoms with Gasteiger partial charge >= 0.3 is 0 Å². The van der Waals surface area contributed by atoms with E-state index in [4.69, 9.17) is 10.5 Å². The van der Waals surface area contributed by atoms with E-state index >= 15 is 0 Å². The van der Waals surface area contributed by atoms with Crippen molar-refractivity contribution in [2.45, 2.75) is 13.3 Å². The van der Waals surface area contributed by atoms with Crippen LogP contribution < -0.4 is 10.6 Å². The fourth-order valence-corrected chi connectivity index (χ4v) is 4.99. The normalized spacial score (nSPS) is 13.3. The zero-order chi connectivity index (χ0) is 27.0. The summed E-state index contributed by atoms with van der Waals surface area (Å²) in [6, 6.07) is 15.1. The summed E-state index contributed by atoms with van der Waals surface area (Å²) in [7, 11) is 1.64. The van der Waals surface area contributed by atoms with Crippen molar-refractivity contribution >= 4 is 46.4 Å². The number of anilines is 1. The second-order valence-electron chi connectivity index (χ2n) is 9.18. The molecule has 0 bridgehead atoms. The van der Waals surface area contributed by atoms with E-state index < -0.39 is 17.6 Å². The van der Waals surface area contributed by atoms with Crippen molar-refractivity contribution in [1.29, 1.82) is 0 Å². The highest BCUT2D eigenvalue weighted by atomic mass is 19.1. The standard InChI is InChI=1S/C30H27FN4O3/c1-17-20(5-4-6-27(17)35(3)30(37)24-15-19(31)7-10-25(24)33-2)21-8-9-22(29(32)36)28-23(21)16-26(34-28)18-11-13-38-14-12-18/h4-11,15-16,34H,2,12-14H2,1,3H3,(H2,32,36). The van der Waals surface area contributed by atoms with Gasteiger partial charge in [-0.25, -0.2) is 4.39 Å². The molecular formula is C30H27FN4O3. The molecule has 3 aromatic carbocycles. The quantitative estimate of drug-likeness (QED) is 0.321. The molecule has 1 aliphatic heterocycles. The van der Waals surface area contributed by atoms with Crippen molar-refractivity contribution in [2.24, 2.45) is 10.7 Å². The average Bonchev–Trinajstić information content (AvgIpc) is 3.38. The lowest BCUT2D eigenvalue weighted by Gasteiger charge is -2.22. The summed E-state index contributed by atoms with van der Waals surface area (Å²) in [5.41, 5.74) is 12.5. The molecule has 5 rings (SSSR count). The Labute approximate surface area is 219 Å². The van der Waals surface area contributed by atoms with Gasteiger partial charge in [-0.3, -0.25) is 14.6 Å². The molecule has 8 heteroatoms. The highest BCUT2D eigenvalue weighted by Crippen LogP contribution is 2.38. The van der Waals surface area contributed by atoms with Crippen LogP contribution in [0, 0.1) is 12.7 Å². The largest absolute Gasteiger partial charge is 0.377 e. The van der Waals surface area contributed by atoms with Crippen molar-refractivity contribution in [3.63, 3.8) is 0 Å². The first-order valence-electron chi connectivity index (χ1n) is 12.2. The van der Waals surface area contributed by atoms with Gasteiger partial charge in [0.2, 0.25) is 0 Å². The minimum Gasteiger partial charge on any atom is -0.377 e. The van der Waals surface area contributed by atoms with E-state index in [0.717, 1.165) is 39.8 Å². The Kier molecular flexibility index (Phi) is 6.65. The Hall–Kier alpha value is -4.56. The van der Waals surface area contributed by atoms with Gasteiger partial charge in [0.1, 0.15) is 5.82 Å². The number of ether oxygens (including phenoxy) is 1. The van der Waals surface area contributed by atoms with Crippen LogP contribution in [-0.2, 0) is 4.74 Å². The van der Waals surface area contributed by atoms with Crippen molar-refractivity contribution in [2.75, 3.05) is 25.2 Å². The van der Waals surface area contributed by atoms with Crippen LogP contribution in [0.1, 0.15) is 38.4 Å². The van der Waals surface area contributed by atoms with Crippen LogP contribution in [0.2, 0.25) is 0 Å². The number of primary amides is 1. The van der Waals surface area contributed by atoms with E-state index in [1.165, 1.54) is 23.1 Å². The van der Waals surface area contributed by atoms with E-state index in [2.05, 4.69) is 16.7 Å². The molecule has 1 aromatic heterocycles. The molecule has 3 N–H and O–H groups in total. The number of hydrogen-bond acceptors (Lipinski definition) is 4. The third-order valence-corrected chi connectivity index (χ3v) is 6.99. The summed E-state index contributed by atoms with van der Waals surface area (Å²) in [5.74, 6) is -1.45. The summed E-state index contributed by atoms with van der Waals surface area (Å²) >= 11 is 0. The number of aliphatic imine (C=N–C) groups is 1. The maximum absolute atomic E-state index is 14.0. The Morgan fingerprint density at radius 1 is 1.11 bits per heavy atom. The number of fused-ring (bicyclic) bond motifs is 1. The van der Waals surface area contributed by atoms with Crippen LogP contribution >= 0.6 is 0 Å². The number of halogens is 1. The minimum absolute atomic E-state index is 0.125. The molecule has 0 saturated heterocycles. The van der Waals surface area contributed by atoms with Crippen LogP contribution in [-0.4, -0.2) is 43.8 Å². The highest BCUT2D eigenvalue weighted by molar-refractivity contribution is 6.12. The van der Waals surface area contributed by atoms with Crippen LogP contribution in [0.4, 0.5) is 15.8 Å². The fourth-order valence-electron chi connectivity index (χ4n) is 4.99. The molecule has 4 aromatic rings. The first kappa shape index (κ1) is 25.1. The molecule has 0 saturated carbocycles. The molecule has 2 amide bonds. The third-order valence-electron chi connectivity index (χ3n) is 6.99. The van der Waals surface area contributed by atoms with Crippen molar-refractivity contribution in [3.8, 4) is 11.1 Å². The zero-order valence-electron chi connectivity index (χ0n) is 21.2. The van der Waals surface area contributed by atoms with Crippen LogP contribution in [0.3, 0.4) is 0 Å². The number of nitrogens with one attached hydrogen (secondary N) is 1. The zero-order valence-corrected chi connectivity index (χ0v) is 21.2. The van der Waals surface area contributed by atoms with E-state index in [1.807, 2.05) is 43.3 Å². The Morgan fingerprint density at radius 2 is 1.92 bits per heavy atom. The van der Waals surface area contributed by atoms with E-state index in [1.54, 1.807) is 13.1 Å². The Bertz CT molecular complexity index is 1640. The molecule has 0 fully saturated rings. The summed E-state index contributed by atoms with van der Waals surface area (Å²) in [6.45, 7) is 6.60. The number of nitrogens with zero attached hydrogens (tertiary/aromatic N) is 2. The van der Waals surface area contributed by atoms with E-state index in [0.29, 0.717) is 35.7 Å². The predicted molar refractivity (Wildman–Crippen MR) is 149 cm³/mol. The van der Waals surface area contributed by atoms with Gasteiger partial charge in [-0.2, -0.15) is 0 Å². The number of hydrogen-bond donors (Lipinski definition) is 2. The Balaban J connectivity index is 1.62. The first-order chi connectivity index (χ1) is 18.3. The second-order valence-corrected chi connectivity index (χ2v) is 9.18. The molecular weight excluding hydrogens is 483 g/mol. The summed E-state index contributed by atoms with van der Waals surface area (Å²) in [5, 5.41) is 0.848. The fraction of sp³-hybridized carbons (Fsp3) is 0.167. The number of carbonyl (C=O) groups is 2. The van der Waals surface area contributed by atoms with Crippen LogP contribution in [0.15, 0.2) is 65.7 Å². The lowest BCUT2D eigenvalue weighted by Crippen LogP contribution is -2.27. The number of benzene rings is 3. The maximum atomic E-state index is 14.0. The molecule has 192 valence electrons. The van der Waals surface area contributed by atoms with Crippen molar-refractivity contribution in [1.82, 2.24) is 4.98 Å². The number of nitrogens with two attached hydrogens (primary N) is 1. The lowest BCUT2D eigenvalue weighted by atomic mass is 9.94. The van der Waals surface area contributed by atoms with Gasteiger partial charge in [-0.15, -0.1) is 0 Å². The second kappa shape index (κ2) is 10.1. The monoisotopic (exact) mass is 510 g/mol. The first-order valence-corrected chi connectivity index (χ1v) is 12.2. The smallest absolute Gasteiger partial charge is 0.260 e. The summed E-state index contributed by atoms with van der Waals surface area (Å²) < 4.78 is 19.4. The molecule has 0 spiro atoms. The molecule has 0 unspecified atom stereocenters. The lowest BCUT2D eigenvalue weighted by molar-refractivity contribution is 0.0988. The highest BCUT2D eigenvalue weighted by Gasteiger charge is 2.22. The maximum Gasteiger partial charge on any atom is 0.260 e.